The highest BCUT2D eigenvalue weighted by molar-refractivity contribution is 6.35. The third-order valence-corrected chi connectivity index (χ3v) is 4.57. The van der Waals surface area contributed by atoms with Crippen molar-refractivity contribution >= 4 is 29.4 Å². The van der Waals surface area contributed by atoms with E-state index in [9.17, 15) is 14.4 Å². The predicted molar refractivity (Wildman–Crippen MR) is 75.3 cm³/mol. The highest BCUT2D eigenvalue weighted by atomic mass is 35.5. The predicted octanol–water partition coefficient (Wildman–Crippen LogP) is 1.90. The van der Waals surface area contributed by atoms with E-state index < -0.39 is 10.8 Å². The first-order valence-electron chi connectivity index (χ1n) is 6.63. The lowest BCUT2D eigenvalue weighted by Crippen LogP contribution is -2.57. The van der Waals surface area contributed by atoms with Crippen LogP contribution in [0, 0.1) is 6.92 Å². The highest BCUT2D eigenvalue weighted by Gasteiger charge is 2.55. The minimum absolute atomic E-state index is 0.228. The molecule has 6 heteroatoms. The quantitative estimate of drug-likeness (QED) is 0.475. The Hall–Kier alpha value is -1.88. The summed E-state index contributed by atoms with van der Waals surface area (Å²) in [5.74, 6) is -1.15. The first-order valence-corrected chi connectivity index (χ1v) is 7.01. The largest absolute Gasteiger partial charge is 0.468 e. The minimum Gasteiger partial charge on any atom is -0.468 e. The maximum atomic E-state index is 12.4. The fraction of sp³-hybridized carbons (Fsp3) is 0.400. The van der Waals surface area contributed by atoms with Crippen LogP contribution in [-0.2, 0) is 9.53 Å². The molecular formula is C15H14ClNO4. The number of methoxy groups -OCH3 is 1. The van der Waals surface area contributed by atoms with Gasteiger partial charge in [-0.3, -0.25) is 19.3 Å². The molecule has 0 N–H and O–H groups in total. The number of hydrogen-bond donors (Lipinski definition) is 0. The van der Waals surface area contributed by atoms with Crippen molar-refractivity contribution in [2.45, 2.75) is 30.7 Å². The van der Waals surface area contributed by atoms with Gasteiger partial charge in [0.05, 0.1) is 18.2 Å². The molecule has 1 aromatic carbocycles. The van der Waals surface area contributed by atoms with Crippen molar-refractivity contribution in [3.63, 3.8) is 0 Å². The van der Waals surface area contributed by atoms with E-state index in [1.165, 1.54) is 12.0 Å². The van der Waals surface area contributed by atoms with E-state index in [4.69, 9.17) is 11.6 Å². The lowest BCUT2D eigenvalue weighted by atomic mass is 9.78. The zero-order chi connectivity index (χ0) is 15.4. The molecule has 3 rings (SSSR count). The van der Waals surface area contributed by atoms with E-state index in [1.807, 2.05) is 6.92 Å². The SMILES string of the molecule is COC(=O)C1(Cl)CC(N2C(=O)c3ccc(C)cc3C2=O)C1. The standard InChI is InChI=1S/C15H14ClNO4/c1-8-3-4-10-11(5-8)13(19)17(12(10)18)9-6-15(16,7-9)14(20)21-2/h3-5,9H,6-7H2,1-2H3. The monoisotopic (exact) mass is 307 g/mol. The Balaban J connectivity index is 1.83. The lowest BCUT2D eigenvalue weighted by Gasteiger charge is -2.43. The minimum atomic E-state index is -1.12. The van der Waals surface area contributed by atoms with Crippen LogP contribution in [0.4, 0.5) is 0 Å². The molecule has 1 fully saturated rings. The number of amides is 2. The molecule has 0 aromatic heterocycles. The molecule has 0 atom stereocenters. The summed E-state index contributed by atoms with van der Waals surface area (Å²) in [4.78, 5) is 36.4. The van der Waals surface area contributed by atoms with E-state index >= 15 is 0 Å². The van der Waals surface area contributed by atoms with E-state index in [1.54, 1.807) is 18.2 Å². The van der Waals surface area contributed by atoms with Crippen molar-refractivity contribution in [1.82, 2.24) is 4.90 Å². The molecule has 1 heterocycles. The van der Waals surface area contributed by atoms with Gasteiger partial charge in [-0.2, -0.15) is 0 Å². The van der Waals surface area contributed by atoms with Gasteiger partial charge in [0, 0.05) is 6.04 Å². The van der Waals surface area contributed by atoms with Crippen LogP contribution >= 0.6 is 11.6 Å². The van der Waals surface area contributed by atoms with Gasteiger partial charge in [-0.1, -0.05) is 11.6 Å². The molecule has 110 valence electrons. The number of halogens is 1. The van der Waals surface area contributed by atoms with Crippen LogP contribution in [0.15, 0.2) is 18.2 Å². The van der Waals surface area contributed by atoms with Gasteiger partial charge in [0.25, 0.3) is 11.8 Å². The van der Waals surface area contributed by atoms with Gasteiger partial charge < -0.3 is 4.74 Å². The fourth-order valence-electron chi connectivity index (χ4n) is 2.92. The molecule has 1 aliphatic heterocycles. The van der Waals surface area contributed by atoms with E-state index in [0.717, 1.165) is 5.56 Å². The normalized spacial score (nSPS) is 27.4. The number of carbonyl (C=O) groups is 3. The van der Waals surface area contributed by atoms with Gasteiger partial charge >= 0.3 is 5.97 Å². The van der Waals surface area contributed by atoms with Crippen molar-refractivity contribution in [3.05, 3.63) is 34.9 Å². The van der Waals surface area contributed by atoms with Crippen LogP contribution in [0.25, 0.3) is 0 Å². The number of hydrogen-bond acceptors (Lipinski definition) is 4. The molecule has 0 saturated heterocycles. The molecule has 21 heavy (non-hydrogen) atoms. The van der Waals surface area contributed by atoms with E-state index in [0.29, 0.717) is 11.1 Å². The van der Waals surface area contributed by atoms with Crippen LogP contribution in [-0.4, -0.2) is 40.7 Å². The summed E-state index contributed by atoms with van der Waals surface area (Å²) in [7, 11) is 1.27. The zero-order valence-electron chi connectivity index (χ0n) is 11.7. The van der Waals surface area contributed by atoms with E-state index in [-0.39, 0.29) is 30.7 Å². The lowest BCUT2D eigenvalue weighted by molar-refractivity contribution is -0.147. The summed E-state index contributed by atoms with van der Waals surface area (Å²) in [5, 5.41) is 0. The second kappa shape index (κ2) is 4.56. The Morgan fingerprint density at radius 3 is 2.52 bits per heavy atom. The summed E-state index contributed by atoms with van der Waals surface area (Å²) in [6, 6.07) is 4.82. The summed E-state index contributed by atoms with van der Waals surface area (Å²) in [6.07, 6.45) is 0.456. The van der Waals surface area contributed by atoms with Crippen molar-refractivity contribution in [2.75, 3.05) is 7.11 Å². The first-order chi connectivity index (χ1) is 9.87. The topological polar surface area (TPSA) is 63.7 Å². The van der Waals surface area contributed by atoms with Gasteiger partial charge in [-0.05, 0) is 31.9 Å². The Kier molecular flexibility index (Phi) is 3.06. The van der Waals surface area contributed by atoms with Crippen LogP contribution in [0.2, 0.25) is 0 Å². The molecular weight excluding hydrogens is 294 g/mol. The smallest absolute Gasteiger partial charge is 0.327 e. The summed E-state index contributed by atoms with van der Waals surface area (Å²) in [5.41, 5.74) is 1.76. The molecule has 2 amide bonds. The van der Waals surface area contributed by atoms with Crippen molar-refractivity contribution < 1.29 is 19.1 Å². The van der Waals surface area contributed by atoms with Gasteiger partial charge in [0.1, 0.15) is 4.87 Å². The van der Waals surface area contributed by atoms with Crippen LogP contribution in [0.3, 0.4) is 0 Å². The highest BCUT2D eigenvalue weighted by Crippen LogP contribution is 2.44. The molecule has 0 radical (unpaired) electrons. The number of nitrogens with zero attached hydrogens (tertiary/aromatic N) is 1. The molecule has 0 bridgehead atoms. The summed E-state index contributed by atoms with van der Waals surface area (Å²) < 4.78 is 4.64. The van der Waals surface area contributed by atoms with Gasteiger partial charge in [-0.15, -0.1) is 11.6 Å². The van der Waals surface area contributed by atoms with Crippen LogP contribution in [0.1, 0.15) is 39.1 Å². The van der Waals surface area contributed by atoms with Gasteiger partial charge in [0.15, 0.2) is 0 Å². The summed E-state index contributed by atoms with van der Waals surface area (Å²) in [6.45, 7) is 1.87. The third kappa shape index (κ3) is 1.95. The van der Waals surface area contributed by atoms with Gasteiger partial charge in [-0.25, -0.2) is 0 Å². The molecule has 0 spiro atoms. The number of aryl methyl sites for hydroxylation is 1. The Morgan fingerprint density at radius 1 is 1.29 bits per heavy atom. The maximum Gasteiger partial charge on any atom is 0.327 e. The number of fused-ring (bicyclic) bond motifs is 1. The van der Waals surface area contributed by atoms with Crippen molar-refractivity contribution in [3.8, 4) is 0 Å². The Morgan fingerprint density at radius 2 is 1.90 bits per heavy atom. The average Bonchev–Trinajstić information content (AvgIpc) is 2.66. The number of rotatable bonds is 2. The number of benzene rings is 1. The molecule has 1 saturated carbocycles. The molecule has 5 nitrogen and oxygen atoms in total. The summed E-state index contributed by atoms with van der Waals surface area (Å²) >= 11 is 6.14. The number of imide groups is 1. The van der Waals surface area contributed by atoms with E-state index in [2.05, 4.69) is 4.74 Å². The number of ether oxygens (including phenoxy) is 1. The fourth-order valence-corrected chi connectivity index (χ4v) is 3.36. The second-order valence-corrected chi connectivity index (χ2v) is 6.27. The average molecular weight is 308 g/mol. The second-order valence-electron chi connectivity index (χ2n) is 5.55. The van der Waals surface area contributed by atoms with Crippen molar-refractivity contribution in [2.24, 2.45) is 0 Å². The molecule has 2 aliphatic rings. The number of esters is 1. The third-order valence-electron chi connectivity index (χ3n) is 4.11. The number of carbonyl (C=O) groups excluding carboxylic acids is 3. The first kappa shape index (κ1) is 14.1. The van der Waals surface area contributed by atoms with Crippen LogP contribution < -0.4 is 0 Å². The zero-order valence-corrected chi connectivity index (χ0v) is 12.4. The van der Waals surface area contributed by atoms with Crippen molar-refractivity contribution in [1.29, 1.82) is 0 Å². The Bertz CT molecular complexity index is 664. The molecule has 1 aromatic rings. The Labute approximate surface area is 126 Å². The number of alkyl halides is 1. The molecule has 0 unspecified atom stereocenters. The maximum absolute atomic E-state index is 12.4. The van der Waals surface area contributed by atoms with Gasteiger partial charge in [0.2, 0.25) is 0 Å². The van der Waals surface area contributed by atoms with Crippen LogP contribution in [0.5, 0.6) is 0 Å². The molecule has 1 aliphatic carbocycles.